The number of benzene rings is 1. The second kappa shape index (κ2) is 8.40. The van der Waals surface area contributed by atoms with E-state index in [1.54, 1.807) is 24.3 Å². The van der Waals surface area contributed by atoms with Gasteiger partial charge in [0.25, 0.3) is 5.56 Å². The van der Waals surface area contributed by atoms with Crippen LogP contribution < -0.4 is 11.2 Å². The van der Waals surface area contributed by atoms with Gasteiger partial charge in [-0.2, -0.15) is 0 Å². The highest BCUT2D eigenvalue weighted by molar-refractivity contribution is 8.14. The Bertz CT molecular complexity index is 901. The van der Waals surface area contributed by atoms with Crippen molar-refractivity contribution in [1.82, 2.24) is 9.13 Å². The number of aromatic nitrogens is 2. The van der Waals surface area contributed by atoms with Crippen LogP contribution in [0, 0.1) is 0 Å². The van der Waals surface area contributed by atoms with Crippen LogP contribution in [0.5, 0.6) is 5.88 Å². The van der Waals surface area contributed by atoms with Crippen molar-refractivity contribution < 1.29 is 5.11 Å². The smallest absolute Gasteiger partial charge is 0.333 e. The number of thioether (sulfide) groups is 1. The third kappa shape index (κ3) is 4.35. The summed E-state index contributed by atoms with van der Waals surface area (Å²) in [5.74, 6) is 0.360. The Morgan fingerprint density at radius 3 is 2.44 bits per heavy atom. The van der Waals surface area contributed by atoms with Gasteiger partial charge in [0.15, 0.2) is 0 Å². The summed E-state index contributed by atoms with van der Waals surface area (Å²) in [7, 11) is 2.79. The molecule has 0 spiro atoms. The molecule has 8 heteroatoms. The van der Waals surface area contributed by atoms with Gasteiger partial charge in [0.2, 0.25) is 5.88 Å². The molecule has 0 aliphatic heterocycles. The molecular weight excluding hydrogens is 362 g/mol. The van der Waals surface area contributed by atoms with Crippen molar-refractivity contribution in [2.75, 3.05) is 5.75 Å². The number of hydrogen-bond donors (Lipinski definition) is 1. The van der Waals surface area contributed by atoms with Crippen molar-refractivity contribution in [3.8, 4) is 5.88 Å². The van der Waals surface area contributed by atoms with E-state index < -0.39 is 11.2 Å². The molecule has 0 aliphatic rings. The Morgan fingerprint density at radius 1 is 1.20 bits per heavy atom. The number of aliphatic imine (C=N–C) groups is 1. The van der Waals surface area contributed by atoms with Crippen LogP contribution in [0.1, 0.15) is 25.3 Å². The quantitative estimate of drug-likeness (QED) is 0.490. The van der Waals surface area contributed by atoms with Gasteiger partial charge in [-0.05, 0) is 36.4 Å². The van der Waals surface area contributed by atoms with E-state index in [2.05, 4.69) is 11.9 Å². The van der Waals surface area contributed by atoms with E-state index in [1.807, 2.05) is 0 Å². The van der Waals surface area contributed by atoms with E-state index in [1.165, 1.54) is 25.9 Å². The molecule has 1 N–H and O–H groups in total. The molecule has 2 aromatic rings. The lowest BCUT2D eigenvalue weighted by Gasteiger charge is -2.12. The highest BCUT2D eigenvalue weighted by atomic mass is 35.5. The van der Waals surface area contributed by atoms with Gasteiger partial charge in [0.05, 0.1) is 5.69 Å². The first-order valence-electron chi connectivity index (χ1n) is 7.83. The van der Waals surface area contributed by atoms with Crippen LogP contribution in [0.4, 0.5) is 5.69 Å². The molecule has 6 nitrogen and oxygen atoms in total. The lowest BCUT2D eigenvalue weighted by atomic mass is 10.3. The molecule has 0 radical (unpaired) electrons. The number of hydrogen-bond acceptors (Lipinski definition) is 5. The largest absolute Gasteiger partial charge is 0.494 e. The fourth-order valence-electron chi connectivity index (χ4n) is 2.13. The fraction of sp³-hybridized carbons (Fsp3) is 0.353. The molecule has 1 aromatic heterocycles. The van der Waals surface area contributed by atoms with Gasteiger partial charge in [-0.1, -0.05) is 24.9 Å². The highest BCUT2D eigenvalue weighted by Crippen LogP contribution is 2.24. The second-order valence-corrected chi connectivity index (χ2v) is 7.02. The summed E-state index contributed by atoms with van der Waals surface area (Å²) in [5.41, 5.74) is -0.521. The molecule has 0 amide bonds. The molecule has 25 heavy (non-hydrogen) atoms. The van der Waals surface area contributed by atoms with Gasteiger partial charge in [-0.3, -0.25) is 13.9 Å². The van der Waals surface area contributed by atoms with E-state index in [4.69, 9.17) is 11.6 Å². The average molecular weight is 382 g/mol. The zero-order valence-electron chi connectivity index (χ0n) is 14.3. The maximum Gasteiger partial charge on any atom is 0.333 e. The first-order valence-corrected chi connectivity index (χ1v) is 9.19. The van der Waals surface area contributed by atoms with E-state index in [9.17, 15) is 14.7 Å². The van der Waals surface area contributed by atoms with Crippen molar-refractivity contribution in [1.29, 1.82) is 0 Å². The normalized spacial score (nSPS) is 11.8. The fourth-order valence-corrected chi connectivity index (χ4v) is 3.37. The lowest BCUT2D eigenvalue weighted by Crippen LogP contribution is -2.39. The standard InChI is InChI=1S/C17H20ClN3O3S/c1-4-5-10-25-14(19-12-8-6-11(18)7-9-12)13-15(22)20(2)17(24)21(3)16(13)23/h6-9,22H,4-5,10H2,1-3H3. The number of rotatable bonds is 5. The second-order valence-electron chi connectivity index (χ2n) is 5.50. The summed E-state index contributed by atoms with van der Waals surface area (Å²) in [4.78, 5) is 29.0. The molecule has 0 saturated carbocycles. The maximum absolute atomic E-state index is 12.6. The zero-order valence-corrected chi connectivity index (χ0v) is 15.9. The van der Waals surface area contributed by atoms with Gasteiger partial charge in [-0.25, -0.2) is 9.79 Å². The van der Waals surface area contributed by atoms with Crippen LogP contribution in [0.2, 0.25) is 5.02 Å². The van der Waals surface area contributed by atoms with Crippen molar-refractivity contribution >= 4 is 34.1 Å². The van der Waals surface area contributed by atoms with Gasteiger partial charge in [0.1, 0.15) is 10.6 Å². The third-order valence-corrected chi connectivity index (χ3v) is 4.96. The van der Waals surface area contributed by atoms with Gasteiger partial charge in [0, 0.05) is 19.1 Å². The summed E-state index contributed by atoms with van der Waals surface area (Å²) >= 11 is 7.27. The van der Waals surface area contributed by atoms with Crippen LogP contribution in [-0.2, 0) is 14.1 Å². The van der Waals surface area contributed by atoms with Crippen LogP contribution in [0.3, 0.4) is 0 Å². The molecule has 2 rings (SSSR count). The summed E-state index contributed by atoms with van der Waals surface area (Å²) < 4.78 is 2.00. The van der Waals surface area contributed by atoms with Crippen LogP contribution in [0.25, 0.3) is 0 Å². The van der Waals surface area contributed by atoms with Crippen LogP contribution in [-0.4, -0.2) is 25.0 Å². The van der Waals surface area contributed by atoms with E-state index in [-0.39, 0.29) is 11.4 Å². The minimum atomic E-state index is -0.587. The minimum Gasteiger partial charge on any atom is -0.494 e. The van der Waals surface area contributed by atoms with Gasteiger partial charge in [-0.15, -0.1) is 11.8 Å². The van der Waals surface area contributed by atoms with Gasteiger partial charge < -0.3 is 5.11 Å². The molecule has 134 valence electrons. The van der Waals surface area contributed by atoms with Crippen molar-refractivity contribution in [2.24, 2.45) is 19.1 Å². The predicted molar refractivity (Wildman–Crippen MR) is 104 cm³/mol. The molecule has 0 fully saturated rings. The SMILES string of the molecule is CCCCSC(=Nc1ccc(Cl)cc1)c1c(O)n(C)c(=O)n(C)c1=O. The molecule has 1 aromatic carbocycles. The Balaban J connectivity index is 2.62. The number of nitrogens with zero attached hydrogens (tertiary/aromatic N) is 3. The third-order valence-electron chi connectivity index (χ3n) is 3.64. The minimum absolute atomic E-state index is 0.0284. The molecule has 0 bridgehead atoms. The molecule has 1 heterocycles. The summed E-state index contributed by atoms with van der Waals surface area (Å²) in [6.07, 6.45) is 1.94. The van der Waals surface area contributed by atoms with E-state index >= 15 is 0 Å². The summed E-state index contributed by atoms with van der Waals surface area (Å²) in [5, 5.41) is 11.3. The number of halogens is 1. The molecule has 0 aliphatic carbocycles. The lowest BCUT2D eigenvalue weighted by molar-refractivity contribution is 0.410. The Morgan fingerprint density at radius 2 is 1.84 bits per heavy atom. The number of unbranched alkanes of at least 4 members (excludes halogenated alkanes) is 1. The van der Waals surface area contributed by atoms with Crippen molar-refractivity contribution in [2.45, 2.75) is 19.8 Å². The van der Waals surface area contributed by atoms with Gasteiger partial charge >= 0.3 is 5.69 Å². The Labute approximate surface area is 154 Å². The number of aromatic hydroxyl groups is 1. The first kappa shape index (κ1) is 19.3. The highest BCUT2D eigenvalue weighted by Gasteiger charge is 2.20. The molecular formula is C17H20ClN3O3S. The first-order chi connectivity index (χ1) is 11.9. The zero-order chi connectivity index (χ0) is 18.6. The maximum atomic E-state index is 12.6. The monoisotopic (exact) mass is 381 g/mol. The van der Waals surface area contributed by atoms with Crippen molar-refractivity contribution in [3.63, 3.8) is 0 Å². The Hall–Kier alpha value is -1.99. The average Bonchev–Trinajstić information content (AvgIpc) is 2.60. The molecule has 0 unspecified atom stereocenters. The topological polar surface area (TPSA) is 76.6 Å². The van der Waals surface area contributed by atoms with E-state index in [0.717, 1.165) is 27.7 Å². The van der Waals surface area contributed by atoms with Crippen LogP contribution in [0.15, 0.2) is 38.8 Å². The van der Waals surface area contributed by atoms with Crippen molar-refractivity contribution in [3.05, 3.63) is 55.7 Å². The molecule has 0 atom stereocenters. The van der Waals surface area contributed by atoms with E-state index in [0.29, 0.717) is 15.8 Å². The summed E-state index contributed by atoms with van der Waals surface area (Å²) in [6.45, 7) is 2.07. The summed E-state index contributed by atoms with van der Waals surface area (Å²) in [6, 6.07) is 6.86. The molecule has 0 saturated heterocycles. The Kier molecular flexibility index (Phi) is 6.50. The van der Waals surface area contributed by atoms with Crippen LogP contribution >= 0.6 is 23.4 Å². The predicted octanol–water partition coefficient (Wildman–Crippen LogP) is 3.05.